The van der Waals surface area contributed by atoms with Crippen molar-refractivity contribution in [1.29, 1.82) is 0 Å². The normalized spacial score (nSPS) is 12.2. The van der Waals surface area contributed by atoms with Gasteiger partial charge >= 0.3 is 0 Å². The van der Waals surface area contributed by atoms with Crippen molar-refractivity contribution in [1.82, 2.24) is 0 Å². The van der Waals surface area contributed by atoms with Gasteiger partial charge in [-0.25, -0.2) is 4.39 Å². The van der Waals surface area contributed by atoms with E-state index in [9.17, 15) is 9.50 Å². The molecule has 0 amide bonds. The van der Waals surface area contributed by atoms with Gasteiger partial charge in [0.15, 0.2) is 0 Å². The highest BCUT2D eigenvalue weighted by Gasteiger charge is 2.11. The Bertz CT molecular complexity index is 805. The molecule has 0 bridgehead atoms. The fourth-order valence-corrected chi connectivity index (χ4v) is 2.27. The van der Waals surface area contributed by atoms with Gasteiger partial charge in [0.1, 0.15) is 5.82 Å². The van der Waals surface area contributed by atoms with Crippen molar-refractivity contribution < 1.29 is 14.2 Å². The molecule has 0 aliphatic rings. The van der Waals surface area contributed by atoms with E-state index >= 15 is 0 Å². The number of ether oxygens (including phenoxy) is 1. The number of nitrogens with one attached hydrogen (secondary N) is 1. The number of aliphatic hydroxyl groups is 1. The molecule has 0 saturated heterocycles. The van der Waals surface area contributed by atoms with Crippen LogP contribution < -0.4 is 11.1 Å². The molecule has 0 unspecified atom stereocenters. The number of aliphatic hydroxyl groups excluding tert-OH is 1. The van der Waals surface area contributed by atoms with Gasteiger partial charge in [-0.2, -0.15) is 0 Å². The number of hydrogen-bond acceptors (Lipinski definition) is 4. The summed E-state index contributed by atoms with van der Waals surface area (Å²) in [6.45, 7) is 6.79. The van der Waals surface area contributed by atoms with Crippen LogP contribution in [-0.4, -0.2) is 24.4 Å². The Hall–Kier alpha value is -2.55. The average Bonchev–Trinajstić information content (AvgIpc) is 2.61. The molecule has 2 aromatic carbocycles. The largest absolute Gasteiger partial charge is 0.396 e. The summed E-state index contributed by atoms with van der Waals surface area (Å²) >= 11 is 0. The first-order valence-corrected chi connectivity index (χ1v) is 8.90. The summed E-state index contributed by atoms with van der Waals surface area (Å²) in [5.74, 6) is 5.63. The third kappa shape index (κ3) is 7.30. The molecular formula is C22H27FN2O2. The molecule has 1 atom stereocenters. The van der Waals surface area contributed by atoms with E-state index < -0.39 is 11.9 Å². The lowest BCUT2D eigenvalue weighted by molar-refractivity contribution is 0.0348. The number of anilines is 2. The van der Waals surface area contributed by atoms with Gasteiger partial charge in [-0.3, -0.25) is 0 Å². The Kier molecular flexibility index (Phi) is 7.23. The molecule has 0 spiro atoms. The van der Waals surface area contributed by atoms with Crippen molar-refractivity contribution in [3.63, 3.8) is 0 Å². The molecule has 2 aromatic rings. The number of benzene rings is 2. The van der Waals surface area contributed by atoms with Gasteiger partial charge in [0, 0.05) is 23.6 Å². The minimum absolute atomic E-state index is 0.0468. The first kappa shape index (κ1) is 20.8. The van der Waals surface area contributed by atoms with E-state index in [0.717, 1.165) is 5.56 Å². The molecular weight excluding hydrogens is 343 g/mol. The Balaban J connectivity index is 1.95. The molecule has 0 aliphatic heterocycles. The van der Waals surface area contributed by atoms with Crippen molar-refractivity contribution in [3.8, 4) is 11.8 Å². The maximum Gasteiger partial charge on any atom is 0.148 e. The molecule has 5 heteroatoms. The molecule has 0 heterocycles. The molecule has 0 aliphatic carbocycles. The monoisotopic (exact) mass is 370 g/mol. The third-order valence-electron chi connectivity index (χ3n) is 3.66. The summed E-state index contributed by atoms with van der Waals surface area (Å²) in [5, 5.41) is 13.2. The third-order valence-corrected chi connectivity index (χ3v) is 3.66. The number of nitrogen functional groups attached to an aromatic ring is 1. The smallest absolute Gasteiger partial charge is 0.148 e. The Morgan fingerprint density at radius 3 is 2.59 bits per heavy atom. The van der Waals surface area contributed by atoms with Crippen LogP contribution >= 0.6 is 0 Å². The van der Waals surface area contributed by atoms with Gasteiger partial charge < -0.3 is 20.9 Å². The molecule has 0 fully saturated rings. The van der Waals surface area contributed by atoms with Crippen LogP contribution in [0.4, 0.5) is 15.8 Å². The first-order chi connectivity index (χ1) is 12.7. The zero-order chi connectivity index (χ0) is 19.9. The van der Waals surface area contributed by atoms with Crippen LogP contribution in [0.2, 0.25) is 0 Å². The highest BCUT2D eigenvalue weighted by Crippen LogP contribution is 2.22. The van der Waals surface area contributed by atoms with Crippen LogP contribution in [0.25, 0.3) is 0 Å². The Morgan fingerprint density at radius 1 is 1.22 bits per heavy atom. The van der Waals surface area contributed by atoms with E-state index in [0.29, 0.717) is 17.9 Å². The van der Waals surface area contributed by atoms with Gasteiger partial charge in [-0.15, -0.1) is 0 Å². The van der Waals surface area contributed by atoms with E-state index in [2.05, 4.69) is 17.2 Å². The zero-order valence-corrected chi connectivity index (χ0v) is 16.1. The van der Waals surface area contributed by atoms with Gasteiger partial charge in [-0.1, -0.05) is 42.2 Å². The quantitative estimate of drug-likeness (QED) is 0.512. The van der Waals surface area contributed by atoms with Gasteiger partial charge in [-0.05, 0) is 32.4 Å². The van der Waals surface area contributed by atoms with E-state index in [1.807, 2.05) is 51.1 Å². The fourth-order valence-electron chi connectivity index (χ4n) is 2.27. The van der Waals surface area contributed by atoms with E-state index in [-0.39, 0.29) is 24.3 Å². The van der Waals surface area contributed by atoms with Crippen molar-refractivity contribution in [2.75, 3.05) is 24.2 Å². The van der Waals surface area contributed by atoms with Gasteiger partial charge in [0.05, 0.1) is 30.7 Å². The van der Waals surface area contributed by atoms with Crippen molar-refractivity contribution in [2.24, 2.45) is 5.41 Å². The van der Waals surface area contributed by atoms with Gasteiger partial charge in [0.25, 0.3) is 0 Å². The molecule has 144 valence electrons. The molecule has 4 N–H and O–H groups in total. The highest BCUT2D eigenvalue weighted by molar-refractivity contribution is 5.65. The van der Waals surface area contributed by atoms with E-state index in [1.165, 1.54) is 12.1 Å². The molecule has 27 heavy (non-hydrogen) atoms. The second kappa shape index (κ2) is 9.40. The maximum absolute atomic E-state index is 13.8. The second-order valence-corrected chi connectivity index (χ2v) is 7.45. The van der Waals surface area contributed by atoms with Crippen LogP contribution in [0.5, 0.6) is 0 Å². The molecule has 0 aromatic heterocycles. The number of hydrogen-bond donors (Lipinski definition) is 3. The Labute approximate surface area is 160 Å². The summed E-state index contributed by atoms with van der Waals surface area (Å²) in [6, 6.07) is 12.5. The van der Waals surface area contributed by atoms with E-state index in [1.54, 1.807) is 0 Å². The maximum atomic E-state index is 13.8. The van der Waals surface area contributed by atoms with Crippen molar-refractivity contribution >= 4 is 11.4 Å². The summed E-state index contributed by atoms with van der Waals surface area (Å²) in [7, 11) is 0. The fraction of sp³-hybridized carbons (Fsp3) is 0.364. The van der Waals surface area contributed by atoms with Gasteiger partial charge in [0.2, 0.25) is 0 Å². The Morgan fingerprint density at radius 2 is 1.93 bits per heavy atom. The number of rotatable bonds is 7. The lowest BCUT2D eigenvalue weighted by Gasteiger charge is -2.15. The SMILES string of the molecule is CC(C)(C)C#Cc1cc(N)c(F)cc1NC[C@@H](O)COCc1ccccc1. The van der Waals surface area contributed by atoms with E-state index in [4.69, 9.17) is 10.5 Å². The first-order valence-electron chi connectivity index (χ1n) is 8.90. The standard InChI is InChI=1S/C22H27FN2O2/c1-22(2,3)10-9-17-11-20(24)19(23)12-21(17)25-13-18(26)15-27-14-16-7-5-4-6-8-16/h4-8,11-12,18,25-26H,13-15,24H2,1-3H3/t18-/m1/s1. The van der Waals surface area contributed by atoms with Crippen LogP contribution in [0.15, 0.2) is 42.5 Å². The number of nitrogens with two attached hydrogens (primary N) is 1. The molecule has 0 radical (unpaired) electrons. The van der Waals surface area contributed by atoms with Crippen molar-refractivity contribution in [2.45, 2.75) is 33.5 Å². The summed E-state index contributed by atoms with van der Waals surface area (Å²) in [4.78, 5) is 0. The van der Waals surface area contributed by atoms with Crippen LogP contribution in [0, 0.1) is 23.1 Å². The predicted molar refractivity (Wildman–Crippen MR) is 108 cm³/mol. The lowest BCUT2D eigenvalue weighted by atomic mass is 9.97. The topological polar surface area (TPSA) is 67.5 Å². The average molecular weight is 370 g/mol. The zero-order valence-electron chi connectivity index (χ0n) is 16.1. The minimum Gasteiger partial charge on any atom is -0.396 e. The predicted octanol–water partition coefficient (Wildman–Crippen LogP) is 3.80. The number of halogens is 1. The van der Waals surface area contributed by atoms with Crippen LogP contribution in [0.1, 0.15) is 31.9 Å². The molecule has 0 saturated carbocycles. The molecule has 4 nitrogen and oxygen atoms in total. The summed E-state index contributed by atoms with van der Waals surface area (Å²) < 4.78 is 19.4. The highest BCUT2D eigenvalue weighted by atomic mass is 19.1. The molecule has 2 rings (SSSR count). The van der Waals surface area contributed by atoms with Crippen LogP contribution in [-0.2, 0) is 11.3 Å². The van der Waals surface area contributed by atoms with Crippen LogP contribution in [0.3, 0.4) is 0 Å². The summed E-state index contributed by atoms with van der Waals surface area (Å²) in [5.41, 5.74) is 7.66. The summed E-state index contributed by atoms with van der Waals surface area (Å²) in [6.07, 6.45) is -0.738. The minimum atomic E-state index is -0.738. The van der Waals surface area contributed by atoms with Crippen molar-refractivity contribution in [3.05, 3.63) is 59.4 Å². The lowest BCUT2D eigenvalue weighted by Crippen LogP contribution is -2.25. The second-order valence-electron chi connectivity index (χ2n) is 7.45.